The number of carboxylic acids is 1. The van der Waals surface area contributed by atoms with Gasteiger partial charge in [-0.1, -0.05) is 18.2 Å². The summed E-state index contributed by atoms with van der Waals surface area (Å²) in [5.41, 5.74) is 0.478. The number of ether oxygens (including phenoxy) is 1. The maximum atomic E-state index is 12.7. The van der Waals surface area contributed by atoms with Gasteiger partial charge in [-0.05, 0) is 18.9 Å². The third-order valence-electron chi connectivity index (χ3n) is 4.62. The van der Waals surface area contributed by atoms with Gasteiger partial charge in [0, 0.05) is 31.0 Å². The van der Waals surface area contributed by atoms with Gasteiger partial charge in [0.25, 0.3) is 11.5 Å². The molecule has 1 aromatic heterocycles. The summed E-state index contributed by atoms with van der Waals surface area (Å²) in [5.74, 6) is -1.95. The van der Waals surface area contributed by atoms with Gasteiger partial charge < -0.3 is 19.7 Å². The van der Waals surface area contributed by atoms with Crippen LogP contribution in [0.2, 0.25) is 0 Å². The molecular formula is C18H20N2O5. The van der Waals surface area contributed by atoms with Crippen molar-refractivity contribution < 1.29 is 19.4 Å². The molecule has 2 unspecified atom stereocenters. The minimum Gasteiger partial charge on any atom is -0.480 e. The van der Waals surface area contributed by atoms with E-state index in [1.807, 2.05) is 0 Å². The predicted molar refractivity (Wildman–Crippen MR) is 91.6 cm³/mol. The van der Waals surface area contributed by atoms with E-state index in [1.165, 1.54) is 10.6 Å². The Kier molecular flexibility index (Phi) is 4.85. The molecular weight excluding hydrogens is 324 g/mol. The van der Waals surface area contributed by atoms with Crippen molar-refractivity contribution in [3.05, 3.63) is 46.2 Å². The van der Waals surface area contributed by atoms with Gasteiger partial charge >= 0.3 is 5.97 Å². The van der Waals surface area contributed by atoms with Crippen LogP contribution >= 0.6 is 0 Å². The van der Waals surface area contributed by atoms with Crippen LogP contribution in [-0.2, 0) is 16.6 Å². The lowest BCUT2D eigenvalue weighted by atomic mass is 9.93. The summed E-state index contributed by atoms with van der Waals surface area (Å²) in [7, 11) is 1.63. The average Bonchev–Trinajstić information content (AvgIpc) is 2.63. The summed E-state index contributed by atoms with van der Waals surface area (Å²) < 4.78 is 6.79. The number of aliphatic carboxylic acids is 1. The fraction of sp³-hybridized carbons (Fsp3) is 0.389. The summed E-state index contributed by atoms with van der Waals surface area (Å²) in [6, 6.07) is 7.24. The third-order valence-corrected chi connectivity index (χ3v) is 4.62. The molecule has 2 heterocycles. The molecule has 7 nitrogen and oxygen atoms in total. The van der Waals surface area contributed by atoms with Crippen LogP contribution in [0.3, 0.4) is 0 Å². The molecule has 7 heteroatoms. The topological polar surface area (TPSA) is 97.6 Å². The van der Waals surface area contributed by atoms with E-state index in [4.69, 9.17) is 4.74 Å². The number of hydrogen-bond donors (Lipinski definition) is 2. The van der Waals surface area contributed by atoms with Crippen LogP contribution in [0.25, 0.3) is 10.9 Å². The second kappa shape index (κ2) is 7.06. The first kappa shape index (κ1) is 17.2. The van der Waals surface area contributed by atoms with Gasteiger partial charge in [-0.15, -0.1) is 0 Å². The van der Waals surface area contributed by atoms with Crippen molar-refractivity contribution in [1.82, 2.24) is 9.88 Å². The normalized spacial score (nSPS) is 18.7. The zero-order chi connectivity index (χ0) is 18.0. The van der Waals surface area contributed by atoms with Crippen LogP contribution in [0.1, 0.15) is 23.2 Å². The lowest BCUT2D eigenvalue weighted by Gasteiger charge is -2.28. The second-order valence-corrected chi connectivity index (χ2v) is 6.24. The zero-order valence-electron chi connectivity index (χ0n) is 13.9. The van der Waals surface area contributed by atoms with Gasteiger partial charge in [0.05, 0.1) is 17.7 Å². The largest absolute Gasteiger partial charge is 0.480 e. The van der Waals surface area contributed by atoms with Crippen LogP contribution < -0.4 is 10.9 Å². The molecule has 2 N–H and O–H groups in total. The quantitative estimate of drug-likeness (QED) is 0.867. The fourth-order valence-corrected chi connectivity index (χ4v) is 3.23. The number of carboxylic acid groups (broad SMARTS) is 1. The number of carbonyl (C=O) groups excluding carboxylic acids is 1. The first-order chi connectivity index (χ1) is 12.0. The van der Waals surface area contributed by atoms with Crippen molar-refractivity contribution in [2.45, 2.75) is 18.9 Å². The highest BCUT2D eigenvalue weighted by molar-refractivity contribution is 6.07. The van der Waals surface area contributed by atoms with E-state index in [-0.39, 0.29) is 17.0 Å². The van der Waals surface area contributed by atoms with Crippen molar-refractivity contribution in [3.63, 3.8) is 0 Å². The SMILES string of the molecule is Cn1c(=O)cc(C(=O)NC(C(=O)O)C2CCCOC2)c2ccccc21. The van der Waals surface area contributed by atoms with Crippen molar-refractivity contribution in [3.8, 4) is 0 Å². The Hall–Kier alpha value is -2.67. The lowest BCUT2D eigenvalue weighted by molar-refractivity contribution is -0.142. The summed E-state index contributed by atoms with van der Waals surface area (Å²) >= 11 is 0. The van der Waals surface area contributed by atoms with Gasteiger partial charge in [0.1, 0.15) is 6.04 Å². The number of para-hydroxylation sites is 1. The van der Waals surface area contributed by atoms with Crippen molar-refractivity contribution in [1.29, 1.82) is 0 Å². The molecule has 1 saturated heterocycles. The number of benzene rings is 1. The van der Waals surface area contributed by atoms with Crippen LogP contribution in [0, 0.1) is 5.92 Å². The Morgan fingerprint density at radius 1 is 1.36 bits per heavy atom. The molecule has 0 bridgehead atoms. The number of amides is 1. The van der Waals surface area contributed by atoms with E-state index in [0.29, 0.717) is 30.5 Å². The summed E-state index contributed by atoms with van der Waals surface area (Å²) in [4.78, 5) is 36.5. The summed E-state index contributed by atoms with van der Waals surface area (Å²) in [5, 5.41) is 12.7. The second-order valence-electron chi connectivity index (χ2n) is 6.24. The average molecular weight is 344 g/mol. The highest BCUT2D eigenvalue weighted by atomic mass is 16.5. The molecule has 2 aromatic rings. The van der Waals surface area contributed by atoms with E-state index >= 15 is 0 Å². The van der Waals surface area contributed by atoms with Gasteiger partial charge in [0.15, 0.2) is 0 Å². The first-order valence-corrected chi connectivity index (χ1v) is 8.19. The molecule has 0 radical (unpaired) electrons. The first-order valence-electron chi connectivity index (χ1n) is 8.19. The molecule has 1 amide bonds. The third kappa shape index (κ3) is 3.41. The van der Waals surface area contributed by atoms with E-state index in [9.17, 15) is 19.5 Å². The van der Waals surface area contributed by atoms with Crippen LogP contribution in [0.4, 0.5) is 0 Å². The van der Waals surface area contributed by atoms with E-state index in [2.05, 4.69) is 5.32 Å². The molecule has 132 valence electrons. The molecule has 1 aliphatic heterocycles. The van der Waals surface area contributed by atoms with E-state index in [0.717, 1.165) is 6.42 Å². The number of aryl methyl sites for hydroxylation is 1. The number of nitrogens with one attached hydrogen (secondary N) is 1. The molecule has 1 aromatic carbocycles. The van der Waals surface area contributed by atoms with Gasteiger partial charge in [-0.2, -0.15) is 0 Å². The Balaban J connectivity index is 1.95. The zero-order valence-corrected chi connectivity index (χ0v) is 13.9. The summed E-state index contributed by atoms with van der Waals surface area (Å²) in [6.45, 7) is 0.907. The fourth-order valence-electron chi connectivity index (χ4n) is 3.23. The molecule has 0 saturated carbocycles. The Morgan fingerprint density at radius 3 is 2.80 bits per heavy atom. The molecule has 1 fully saturated rings. The maximum Gasteiger partial charge on any atom is 0.326 e. The Labute approximate surface area is 144 Å². The number of hydrogen-bond acceptors (Lipinski definition) is 4. The Morgan fingerprint density at radius 2 is 2.12 bits per heavy atom. The molecule has 0 aliphatic carbocycles. The van der Waals surface area contributed by atoms with Crippen molar-refractivity contribution >= 4 is 22.8 Å². The minimum absolute atomic E-state index is 0.182. The van der Waals surface area contributed by atoms with Gasteiger partial charge in [-0.25, -0.2) is 4.79 Å². The van der Waals surface area contributed by atoms with Crippen molar-refractivity contribution in [2.24, 2.45) is 13.0 Å². The van der Waals surface area contributed by atoms with E-state index in [1.54, 1.807) is 31.3 Å². The van der Waals surface area contributed by atoms with E-state index < -0.39 is 17.9 Å². The number of fused-ring (bicyclic) bond motifs is 1. The van der Waals surface area contributed by atoms with Crippen molar-refractivity contribution in [2.75, 3.05) is 13.2 Å². The predicted octanol–water partition coefficient (Wildman–Crippen LogP) is 1.15. The molecule has 25 heavy (non-hydrogen) atoms. The molecule has 0 spiro atoms. The lowest BCUT2D eigenvalue weighted by Crippen LogP contribution is -2.48. The Bertz CT molecular complexity index is 867. The standard InChI is InChI=1S/C18H20N2O5/c1-20-14-7-3-2-6-12(14)13(9-15(20)21)17(22)19-16(18(23)24)11-5-4-8-25-10-11/h2-3,6-7,9,11,16H,4-5,8,10H2,1H3,(H,19,22)(H,23,24). The molecule has 2 atom stereocenters. The number of aromatic nitrogens is 1. The van der Waals surface area contributed by atoms with Crippen LogP contribution in [0.5, 0.6) is 0 Å². The smallest absolute Gasteiger partial charge is 0.326 e. The molecule has 3 rings (SSSR count). The van der Waals surface area contributed by atoms with Crippen LogP contribution in [-0.4, -0.2) is 40.8 Å². The van der Waals surface area contributed by atoms with Gasteiger partial charge in [-0.3, -0.25) is 9.59 Å². The highest BCUT2D eigenvalue weighted by Crippen LogP contribution is 2.20. The number of carbonyl (C=O) groups is 2. The van der Waals surface area contributed by atoms with Crippen LogP contribution in [0.15, 0.2) is 35.1 Å². The molecule has 1 aliphatic rings. The minimum atomic E-state index is -1.10. The number of nitrogens with zero attached hydrogens (tertiary/aromatic N) is 1. The number of rotatable bonds is 4. The monoisotopic (exact) mass is 344 g/mol. The number of pyridine rings is 1. The van der Waals surface area contributed by atoms with Gasteiger partial charge in [0.2, 0.25) is 0 Å². The highest BCUT2D eigenvalue weighted by Gasteiger charge is 2.32. The maximum absolute atomic E-state index is 12.7. The summed E-state index contributed by atoms with van der Waals surface area (Å²) in [6.07, 6.45) is 1.44.